The van der Waals surface area contributed by atoms with E-state index in [1.807, 2.05) is 0 Å². The number of rotatable bonds is 15. The molecule has 0 amide bonds. The number of aliphatic hydroxyl groups excluding tert-OH is 13. The van der Waals surface area contributed by atoms with E-state index in [-0.39, 0.29) is 34.1 Å². The molecule has 28 nitrogen and oxygen atoms in total. The maximum atomic E-state index is 12.9. The number of esters is 1. The molecular formula is C48H58O28. The van der Waals surface area contributed by atoms with Gasteiger partial charge in [0.1, 0.15) is 114 Å². The van der Waals surface area contributed by atoms with Gasteiger partial charge in [0.25, 0.3) is 0 Å². The summed E-state index contributed by atoms with van der Waals surface area (Å²) < 4.78 is 57.1. The number of phenolic OH excluding ortho intramolecular Hbond substituents is 4. The molecule has 21 unspecified atom stereocenters. The third-order valence-electron chi connectivity index (χ3n) is 13.1. The van der Waals surface area contributed by atoms with Crippen molar-refractivity contribution in [3.63, 3.8) is 0 Å². The highest BCUT2D eigenvalue weighted by atomic mass is 16.7. The average molecular weight is 1080 g/mol. The van der Waals surface area contributed by atoms with Crippen molar-refractivity contribution < 1.29 is 139 Å². The van der Waals surface area contributed by atoms with Crippen LogP contribution in [0.5, 0.6) is 40.2 Å². The van der Waals surface area contributed by atoms with E-state index in [0.717, 1.165) is 30.3 Å². The van der Waals surface area contributed by atoms with Crippen molar-refractivity contribution in [2.24, 2.45) is 0 Å². The van der Waals surface area contributed by atoms with Crippen LogP contribution in [0.2, 0.25) is 0 Å². The third kappa shape index (κ3) is 11.7. The highest BCUT2D eigenvalue weighted by Gasteiger charge is 2.50. The molecule has 0 bridgehead atoms. The first-order chi connectivity index (χ1) is 36.1. The average Bonchev–Trinajstić information content (AvgIpc) is 3.40. The fourth-order valence-corrected chi connectivity index (χ4v) is 8.80. The summed E-state index contributed by atoms with van der Waals surface area (Å²) in [6.45, 7) is -0.797. The Kier molecular flexibility index (Phi) is 17.5. The number of fused-ring (bicyclic) bond motifs is 1. The largest absolute Gasteiger partial charge is 0.508 e. The van der Waals surface area contributed by atoms with Gasteiger partial charge in [0, 0.05) is 23.8 Å². The van der Waals surface area contributed by atoms with Crippen molar-refractivity contribution in [2.45, 2.75) is 136 Å². The van der Waals surface area contributed by atoms with Gasteiger partial charge in [-0.3, -0.25) is 0 Å². The molecule has 76 heavy (non-hydrogen) atoms. The fourth-order valence-electron chi connectivity index (χ4n) is 8.80. The van der Waals surface area contributed by atoms with Gasteiger partial charge in [-0.15, -0.1) is 0 Å². The minimum Gasteiger partial charge on any atom is -0.508 e. The van der Waals surface area contributed by atoms with Crippen LogP contribution in [0.25, 0.3) is 12.2 Å². The number of carbonyl (C=O) groups excluding carboxylic acids is 1. The normalized spacial score (nSPS) is 37.6. The maximum Gasteiger partial charge on any atom is 0.331 e. The summed E-state index contributed by atoms with van der Waals surface area (Å²) in [5.74, 6) is -4.75. The molecule has 4 saturated heterocycles. The molecule has 8 rings (SSSR count). The second-order valence-electron chi connectivity index (χ2n) is 18.4. The van der Waals surface area contributed by atoms with Crippen LogP contribution in [-0.4, -0.2) is 235 Å². The first-order valence-corrected chi connectivity index (χ1v) is 23.5. The van der Waals surface area contributed by atoms with E-state index in [1.54, 1.807) is 0 Å². The molecule has 0 aliphatic carbocycles. The smallest absolute Gasteiger partial charge is 0.331 e. The molecule has 0 radical (unpaired) electrons. The Morgan fingerprint density at radius 2 is 1.12 bits per heavy atom. The first-order valence-electron chi connectivity index (χ1n) is 23.5. The SMILES string of the molecule is CC1OC(OCC2OC(OC3=Cc4c(cc(O)cc4OC4OC(CO)C(O)C(O)C4O)OC3c3cc(O)c(O)c(O)c3)C(O)C(O)C2O)C(O)C(O)C1OC(=O)C=Cc1ccc(OC2OC(CO)C(O)C(O)C2O)cc1. The van der Waals surface area contributed by atoms with Gasteiger partial charge >= 0.3 is 5.97 Å². The molecule has 418 valence electrons. The van der Waals surface area contributed by atoms with Crippen LogP contribution in [-0.2, 0) is 38.0 Å². The topological polar surface area (TPSA) is 453 Å². The Morgan fingerprint density at radius 1 is 0.592 bits per heavy atom. The van der Waals surface area contributed by atoms with Crippen molar-refractivity contribution in [1.29, 1.82) is 0 Å². The minimum absolute atomic E-state index is 0.0920. The highest BCUT2D eigenvalue weighted by Crippen LogP contribution is 2.48. The van der Waals surface area contributed by atoms with E-state index in [9.17, 15) is 91.6 Å². The summed E-state index contributed by atoms with van der Waals surface area (Å²) >= 11 is 0. The summed E-state index contributed by atoms with van der Waals surface area (Å²) in [5, 5.41) is 178. The number of aromatic hydroxyl groups is 4. The monoisotopic (exact) mass is 1080 g/mol. The lowest BCUT2D eigenvalue weighted by Gasteiger charge is -2.43. The molecule has 3 aromatic rings. The lowest BCUT2D eigenvalue weighted by molar-refractivity contribution is -0.325. The van der Waals surface area contributed by atoms with Crippen LogP contribution in [0.15, 0.2) is 60.4 Å². The molecule has 21 atom stereocenters. The zero-order valence-corrected chi connectivity index (χ0v) is 39.7. The molecule has 3 aromatic carbocycles. The summed E-state index contributed by atoms with van der Waals surface area (Å²) in [6.07, 6.45) is -31.8. The van der Waals surface area contributed by atoms with Gasteiger partial charge in [-0.1, -0.05) is 12.1 Å². The van der Waals surface area contributed by atoms with E-state index in [4.69, 9.17) is 47.4 Å². The molecule has 28 heteroatoms. The van der Waals surface area contributed by atoms with Gasteiger partial charge in [0.05, 0.1) is 31.5 Å². The number of ether oxygens (including phenoxy) is 10. The van der Waals surface area contributed by atoms with Gasteiger partial charge in [-0.25, -0.2) is 4.79 Å². The number of hydrogen-bond donors (Lipinski definition) is 17. The van der Waals surface area contributed by atoms with Crippen LogP contribution >= 0.6 is 0 Å². The Labute approximate surface area is 429 Å². The molecular weight excluding hydrogens is 1020 g/mol. The standard InChI is InChI=1S/C48H58O28/c1-16-43(76-30(54)7-4-17-2-5-20(6-3-17)69-46-39(63)35(59)32(56)27(13-49)73-46)38(62)42(66)45(68-16)67-15-29-34(58)37(61)41(65)48(75-29)72-26-12-21-24(70-44(26)18-8-22(52)31(55)23(53)9-18)10-19(51)11-25(21)71-47-40(64)36(60)33(57)28(14-50)74-47/h2-12,16,27-29,32-53,55-66H,13-15H2,1H3. The van der Waals surface area contributed by atoms with Gasteiger partial charge in [-0.2, -0.15) is 0 Å². The maximum absolute atomic E-state index is 12.9. The predicted octanol–water partition coefficient (Wildman–Crippen LogP) is -4.73. The number of hydrogen-bond acceptors (Lipinski definition) is 28. The Morgan fingerprint density at radius 3 is 1.70 bits per heavy atom. The molecule has 4 fully saturated rings. The number of phenols is 4. The first kappa shape index (κ1) is 56.5. The lowest BCUT2D eigenvalue weighted by Crippen LogP contribution is -2.61. The summed E-state index contributed by atoms with van der Waals surface area (Å²) in [4.78, 5) is 12.9. The third-order valence-corrected chi connectivity index (χ3v) is 13.1. The van der Waals surface area contributed by atoms with Crippen LogP contribution in [0, 0.1) is 0 Å². The molecule has 5 aliphatic heterocycles. The summed E-state index contributed by atoms with van der Waals surface area (Å²) in [5.41, 5.74) is 0.229. The van der Waals surface area contributed by atoms with E-state index in [0.29, 0.717) is 5.56 Å². The molecule has 0 aromatic heterocycles. The van der Waals surface area contributed by atoms with Crippen LogP contribution < -0.4 is 14.2 Å². The zero-order valence-electron chi connectivity index (χ0n) is 39.7. The molecule has 17 N–H and O–H groups in total. The van der Waals surface area contributed by atoms with Crippen LogP contribution in [0.1, 0.15) is 29.7 Å². The Hall–Kier alpha value is -5.71. The van der Waals surface area contributed by atoms with Crippen molar-refractivity contribution >= 4 is 18.1 Å². The van der Waals surface area contributed by atoms with Crippen molar-refractivity contribution in [3.05, 3.63) is 77.1 Å². The van der Waals surface area contributed by atoms with Crippen molar-refractivity contribution in [2.75, 3.05) is 19.8 Å². The summed E-state index contributed by atoms with van der Waals surface area (Å²) in [6, 6.07) is 9.94. The number of carbonyl (C=O) groups is 1. The van der Waals surface area contributed by atoms with E-state index < -0.39 is 178 Å². The van der Waals surface area contributed by atoms with Gasteiger partial charge in [0.2, 0.25) is 18.9 Å². The molecule has 0 saturated carbocycles. The second kappa shape index (κ2) is 23.5. The van der Waals surface area contributed by atoms with Gasteiger partial charge in [-0.05, 0) is 48.9 Å². The fraction of sp³-hybridized carbons (Fsp3) is 0.521. The number of benzene rings is 3. The van der Waals surface area contributed by atoms with E-state index >= 15 is 0 Å². The van der Waals surface area contributed by atoms with Crippen LogP contribution in [0.3, 0.4) is 0 Å². The lowest BCUT2D eigenvalue weighted by atomic mass is 9.98. The van der Waals surface area contributed by atoms with Crippen molar-refractivity contribution in [1.82, 2.24) is 0 Å². The van der Waals surface area contributed by atoms with Gasteiger partial charge < -0.3 is 134 Å². The van der Waals surface area contributed by atoms with Crippen molar-refractivity contribution in [3.8, 4) is 40.2 Å². The van der Waals surface area contributed by atoms with E-state index in [2.05, 4.69) is 0 Å². The Balaban J connectivity index is 0.926. The predicted molar refractivity (Wildman–Crippen MR) is 245 cm³/mol. The zero-order chi connectivity index (χ0) is 55.0. The second-order valence-corrected chi connectivity index (χ2v) is 18.4. The quantitative estimate of drug-likeness (QED) is 0.0386. The van der Waals surface area contributed by atoms with Crippen LogP contribution in [0.4, 0.5) is 0 Å². The Bertz CT molecular complexity index is 2520. The number of aliphatic hydroxyl groups is 13. The van der Waals surface area contributed by atoms with Gasteiger partial charge in [0.15, 0.2) is 35.7 Å². The molecule has 0 spiro atoms. The molecule has 5 heterocycles. The summed E-state index contributed by atoms with van der Waals surface area (Å²) in [7, 11) is 0. The van der Waals surface area contributed by atoms with E-state index in [1.165, 1.54) is 43.3 Å². The minimum atomic E-state index is -2.05. The molecule has 5 aliphatic rings. The highest BCUT2D eigenvalue weighted by molar-refractivity contribution is 5.87.